The molecule has 1 amide bonds. The number of thiazole rings is 1. The number of benzene rings is 3. The van der Waals surface area contributed by atoms with Crippen LogP contribution in [0.3, 0.4) is 0 Å². The van der Waals surface area contributed by atoms with Crippen molar-refractivity contribution in [2.24, 2.45) is 0 Å². The van der Waals surface area contributed by atoms with Gasteiger partial charge >= 0.3 is 0 Å². The lowest BCUT2D eigenvalue weighted by molar-refractivity contribution is -0.121. The Bertz CT molecular complexity index is 1160. The molecule has 32 heavy (non-hydrogen) atoms. The summed E-state index contributed by atoms with van der Waals surface area (Å²) in [5.74, 6) is 0.648. The fraction of sp³-hybridized carbons (Fsp3) is 0.154. The quantitative estimate of drug-likeness (QED) is 0.285. The Balaban J connectivity index is 1.22. The van der Waals surface area contributed by atoms with Crippen molar-refractivity contribution in [3.8, 4) is 27.6 Å². The third-order valence-corrected chi connectivity index (χ3v) is 6.11. The molecular formula is C26H23ClN2O2S. The molecule has 6 heteroatoms. The van der Waals surface area contributed by atoms with Crippen LogP contribution in [0.5, 0.6) is 5.75 Å². The number of halogens is 1. The zero-order valence-electron chi connectivity index (χ0n) is 17.5. The van der Waals surface area contributed by atoms with Crippen LogP contribution in [-0.4, -0.2) is 17.5 Å². The number of rotatable bonds is 9. The number of carbonyl (C=O) groups excluding carboxylic acids is 1. The molecule has 0 saturated carbocycles. The van der Waals surface area contributed by atoms with Gasteiger partial charge in [0.25, 0.3) is 0 Å². The first-order chi connectivity index (χ1) is 15.7. The van der Waals surface area contributed by atoms with Crippen LogP contribution in [0.4, 0.5) is 0 Å². The van der Waals surface area contributed by atoms with Crippen molar-refractivity contribution in [3.63, 3.8) is 0 Å². The van der Waals surface area contributed by atoms with Crippen molar-refractivity contribution in [1.29, 1.82) is 0 Å². The van der Waals surface area contributed by atoms with Crippen molar-refractivity contribution in [1.82, 2.24) is 10.3 Å². The zero-order chi connectivity index (χ0) is 22.2. The minimum absolute atomic E-state index is 0.00395. The first-order valence-corrected chi connectivity index (χ1v) is 11.7. The molecule has 4 aromatic rings. The SMILES string of the molecule is O=C(CCCOc1ccccc1Cl)NCc1ccc(-c2nc(-c3ccccc3)cs2)cc1. The van der Waals surface area contributed by atoms with Crippen LogP contribution in [-0.2, 0) is 11.3 Å². The summed E-state index contributed by atoms with van der Waals surface area (Å²) in [5, 5.41) is 6.60. The van der Waals surface area contributed by atoms with Gasteiger partial charge in [-0.25, -0.2) is 4.98 Å². The van der Waals surface area contributed by atoms with Crippen LogP contribution < -0.4 is 10.1 Å². The van der Waals surface area contributed by atoms with E-state index in [2.05, 4.69) is 22.8 Å². The molecule has 0 spiro atoms. The third kappa shape index (κ3) is 5.96. The Hall–Kier alpha value is -3.15. The third-order valence-electron chi connectivity index (χ3n) is 4.91. The van der Waals surface area contributed by atoms with Crippen LogP contribution in [0.2, 0.25) is 5.02 Å². The Morgan fingerprint density at radius 1 is 0.938 bits per heavy atom. The highest BCUT2D eigenvalue weighted by Crippen LogP contribution is 2.29. The van der Waals surface area contributed by atoms with Crippen LogP contribution >= 0.6 is 22.9 Å². The van der Waals surface area contributed by atoms with Gasteiger partial charge in [0.15, 0.2) is 0 Å². The van der Waals surface area contributed by atoms with E-state index in [0.29, 0.717) is 36.8 Å². The zero-order valence-corrected chi connectivity index (χ0v) is 19.0. The summed E-state index contributed by atoms with van der Waals surface area (Å²) in [6, 6.07) is 25.6. The molecule has 0 radical (unpaired) electrons. The van der Waals surface area contributed by atoms with Gasteiger partial charge in [0.2, 0.25) is 5.91 Å². The van der Waals surface area contributed by atoms with Crippen molar-refractivity contribution in [3.05, 3.63) is 94.8 Å². The summed E-state index contributed by atoms with van der Waals surface area (Å²) in [6.07, 6.45) is 1.04. The Morgan fingerprint density at radius 2 is 1.69 bits per heavy atom. The molecular weight excluding hydrogens is 440 g/mol. The second kappa shape index (κ2) is 10.9. The van der Waals surface area contributed by atoms with E-state index >= 15 is 0 Å². The van der Waals surface area contributed by atoms with Crippen LogP contribution in [0.15, 0.2) is 84.2 Å². The maximum atomic E-state index is 12.1. The van der Waals surface area contributed by atoms with E-state index in [0.717, 1.165) is 27.4 Å². The van der Waals surface area contributed by atoms with Gasteiger partial charge in [-0.2, -0.15) is 0 Å². The molecule has 4 nitrogen and oxygen atoms in total. The molecule has 1 N–H and O–H groups in total. The highest BCUT2D eigenvalue weighted by Gasteiger charge is 2.07. The lowest BCUT2D eigenvalue weighted by atomic mass is 10.1. The van der Waals surface area contributed by atoms with Gasteiger partial charge in [-0.3, -0.25) is 4.79 Å². The van der Waals surface area contributed by atoms with Gasteiger partial charge in [-0.05, 0) is 24.1 Å². The predicted octanol–water partition coefficient (Wildman–Crippen LogP) is 6.61. The smallest absolute Gasteiger partial charge is 0.220 e. The molecule has 0 saturated heterocycles. The van der Waals surface area contributed by atoms with Crippen molar-refractivity contribution in [2.45, 2.75) is 19.4 Å². The highest BCUT2D eigenvalue weighted by molar-refractivity contribution is 7.13. The number of para-hydroxylation sites is 1. The van der Waals surface area contributed by atoms with E-state index in [9.17, 15) is 4.79 Å². The minimum Gasteiger partial charge on any atom is -0.492 e. The summed E-state index contributed by atoms with van der Waals surface area (Å²) in [4.78, 5) is 16.9. The molecule has 1 heterocycles. The summed E-state index contributed by atoms with van der Waals surface area (Å²) in [6.45, 7) is 0.947. The van der Waals surface area contributed by atoms with E-state index in [1.54, 1.807) is 17.4 Å². The predicted molar refractivity (Wildman–Crippen MR) is 131 cm³/mol. The summed E-state index contributed by atoms with van der Waals surface area (Å²) < 4.78 is 5.62. The monoisotopic (exact) mass is 462 g/mol. The molecule has 1 aromatic heterocycles. The van der Waals surface area contributed by atoms with E-state index < -0.39 is 0 Å². The standard InChI is InChI=1S/C26H23ClN2O2S/c27-22-9-4-5-10-24(22)31-16-6-11-25(30)28-17-19-12-14-21(15-13-19)26-29-23(18-32-26)20-7-2-1-3-8-20/h1-5,7-10,12-15,18H,6,11,16-17H2,(H,28,30). The van der Waals surface area contributed by atoms with Gasteiger partial charge in [0.05, 0.1) is 17.3 Å². The number of carbonyl (C=O) groups is 1. The fourth-order valence-electron chi connectivity index (χ4n) is 3.18. The van der Waals surface area contributed by atoms with Gasteiger partial charge in [0, 0.05) is 29.5 Å². The minimum atomic E-state index is 0.00395. The number of amides is 1. The molecule has 0 atom stereocenters. The average molecular weight is 463 g/mol. The summed E-state index contributed by atoms with van der Waals surface area (Å²) >= 11 is 7.69. The van der Waals surface area contributed by atoms with E-state index in [4.69, 9.17) is 21.3 Å². The summed E-state index contributed by atoms with van der Waals surface area (Å²) in [5.41, 5.74) is 4.23. The van der Waals surface area contributed by atoms with E-state index in [-0.39, 0.29) is 5.91 Å². The van der Waals surface area contributed by atoms with Crippen LogP contribution in [0.1, 0.15) is 18.4 Å². The molecule has 0 aliphatic rings. The van der Waals surface area contributed by atoms with Crippen molar-refractivity contribution >= 4 is 28.8 Å². The second-order valence-electron chi connectivity index (χ2n) is 7.26. The lowest BCUT2D eigenvalue weighted by Crippen LogP contribution is -2.22. The van der Waals surface area contributed by atoms with E-state index in [1.165, 1.54) is 0 Å². The molecule has 3 aromatic carbocycles. The number of hydrogen-bond acceptors (Lipinski definition) is 4. The van der Waals surface area contributed by atoms with Crippen molar-refractivity contribution in [2.75, 3.05) is 6.61 Å². The van der Waals surface area contributed by atoms with Crippen molar-refractivity contribution < 1.29 is 9.53 Å². The number of ether oxygens (including phenoxy) is 1. The van der Waals surface area contributed by atoms with Crippen LogP contribution in [0, 0.1) is 0 Å². The number of hydrogen-bond donors (Lipinski definition) is 1. The lowest BCUT2D eigenvalue weighted by Gasteiger charge is -2.08. The molecule has 0 unspecified atom stereocenters. The summed E-state index contributed by atoms with van der Waals surface area (Å²) in [7, 11) is 0. The molecule has 0 aliphatic heterocycles. The first-order valence-electron chi connectivity index (χ1n) is 10.4. The fourth-order valence-corrected chi connectivity index (χ4v) is 4.20. The Morgan fingerprint density at radius 3 is 2.47 bits per heavy atom. The Kier molecular flexibility index (Phi) is 7.54. The average Bonchev–Trinajstić information content (AvgIpc) is 3.33. The normalized spacial score (nSPS) is 10.7. The maximum Gasteiger partial charge on any atom is 0.220 e. The number of nitrogens with zero attached hydrogens (tertiary/aromatic N) is 1. The Labute approximate surface area is 196 Å². The highest BCUT2D eigenvalue weighted by atomic mass is 35.5. The van der Waals surface area contributed by atoms with Gasteiger partial charge in [0.1, 0.15) is 10.8 Å². The topological polar surface area (TPSA) is 51.2 Å². The molecule has 162 valence electrons. The molecule has 0 fully saturated rings. The second-order valence-corrected chi connectivity index (χ2v) is 8.53. The largest absolute Gasteiger partial charge is 0.492 e. The molecule has 0 aliphatic carbocycles. The number of nitrogens with one attached hydrogen (secondary N) is 1. The van der Waals surface area contributed by atoms with E-state index in [1.807, 2.05) is 60.7 Å². The maximum absolute atomic E-state index is 12.1. The molecule has 4 rings (SSSR count). The molecule has 0 bridgehead atoms. The first kappa shape index (κ1) is 22.1. The van der Waals surface area contributed by atoms with Gasteiger partial charge in [-0.15, -0.1) is 11.3 Å². The van der Waals surface area contributed by atoms with Gasteiger partial charge in [-0.1, -0.05) is 78.3 Å². The van der Waals surface area contributed by atoms with Gasteiger partial charge < -0.3 is 10.1 Å². The number of aromatic nitrogens is 1. The van der Waals surface area contributed by atoms with Crippen LogP contribution in [0.25, 0.3) is 21.8 Å².